The van der Waals surface area contributed by atoms with Crippen LogP contribution in [0.1, 0.15) is 0 Å². The third-order valence-corrected chi connectivity index (χ3v) is 0. The van der Waals surface area contributed by atoms with Gasteiger partial charge in [0.25, 0.3) is 0 Å². The zero-order valence-electron chi connectivity index (χ0n) is 5.27. The monoisotopic (exact) mass is 208 g/mol. The summed E-state index contributed by atoms with van der Waals surface area (Å²) in [6, 6.07) is 0. The Kier molecular flexibility index (Phi) is 14.7. The molecule has 12 heavy (non-hydrogen) atoms. The molecule has 0 aliphatic carbocycles. The van der Waals surface area contributed by atoms with Crippen LogP contribution >= 0.6 is 0 Å². The Balaban J connectivity index is -0.0000000457. The van der Waals surface area contributed by atoms with Crippen LogP contribution in [0.5, 0.6) is 0 Å². The largest absolute Gasteiger partial charge is 4.00 e. The van der Waals surface area contributed by atoms with Gasteiger partial charge in [-0.3, -0.25) is 0 Å². The van der Waals surface area contributed by atoms with Crippen molar-refractivity contribution in [2.75, 3.05) is 0 Å². The van der Waals surface area contributed by atoms with Crippen LogP contribution in [0.25, 0.3) is 0 Å². The van der Waals surface area contributed by atoms with Gasteiger partial charge in [-0.25, -0.2) is 0 Å². The van der Waals surface area contributed by atoms with Crippen molar-refractivity contribution in [3.8, 4) is 0 Å². The molecule has 0 unspecified atom stereocenters. The van der Waals surface area contributed by atoms with Crippen LogP contribution in [0, 0.1) is 14.9 Å². The van der Waals surface area contributed by atoms with E-state index in [0.29, 0.717) is 0 Å². The van der Waals surface area contributed by atoms with E-state index in [2.05, 4.69) is 0 Å². The average molecular weight is 208 g/mol. The molecule has 0 aliphatic rings. The van der Waals surface area contributed by atoms with Gasteiger partial charge in [0.15, 0.2) is 0 Å². The maximum absolute atomic E-state index is 8.58. The molecular weight excluding hydrogens is 208 g/mol. The minimum absolute atomic E-state index is 0. The van der Waals surface area contributed by atoms with E-state index in [1.165, 1.54) is 0 Å². The molecule has 64 valence electrons. The molecule has 0 aromatic rings. The fourth-order valence-electron chi connectivity index (χ4n) is 0. The first-order valence-corrected chi connectivity index (χ1v) is 4.90. The van der Waals surface area contributed by atoms with Crippen molar-refractivity contribution in [1.82, 2.24) is 0 Å². The van der Waals surface area contributed by atoms with E-state index in [0.717, 1.165) is 0 Å². The van der Waals surface area contributed by atoms with Crippen molar-refractivity contribution in [2.24, 2.45) is 0 Å². The summed E-state index contributed by atoms with van der Waals surface area (Å²) < 4.78 is 0. The van der Waals surface area contributed by atoms with Crippen LogP contribution in [0.2, 0.25) is 0 Å². The second kappa shape index (κ2) is 7.75. The van der Waals surface area contributed by atoms with Crippen molar-refractivity contribution in [2.45, 2.75) is 0 Å². The van der Waals surface area contributed by atoms with E-state index in [-0.39, 0.29) is 14.9 Å². The van der Waals surface area contributed by atoms with E-state index < -0.39 is 18.1 Å². The first-order chi connectivity index (χ1) is 4.00. The summed E-state index contributed by atoms with van der Waals surface area (Å²) in [5, 5.41) is 0. The van der Waals surface area contributed by atoms with Crippen LogP contribution in [0.4, 0.5) is 0 Å². The van der Waals surface area contributed by atoms with Gasteiger partial charge < -0.3 is 56.5 Å². The summed E-state index contributed by atoms with van der Waals surface area (Å²) in [6.07, 6.45) is 0. The van der Waals surface area contributed by atoms with Crippen LogP contribution in [-0.2, 0) is 0 Å². The molecule has 0 rings (SSSR count). The van der Waals surface area contributed by atoms with Gasteiger partial charge in [-0.2, -0.15) is 0 Å². The van der Waals surface area contributed by atoms with E-state index in [1.54, 1.807) is 0 Å². The molecule has 0 saturated heterocycles. The van der Waals surface area contributed by atoms with Gasteiger partial charge in [-0.1, -0.05) is 0 Å². The Morgan fingerprint density at radius 3 is 0.417 bits per heavy atom. The summed E-state index contributed by atoms with van der Waals surface area (Å²) in [5.74, 6) is 0. The summed E-state index contributed by atoms with van der Waals surface area (Å²) in [7, 11) is -11.2. The molecule has 0 aromatic carbocycles. The molecule has 0 N–H and O–H groups in total. The van der Waals surface area contributed by atoms with Crippen LogP contribution in [0.15, 0.2) is 0 Å². The SMILES string of the molecule is [C+4].[C+4].[O-][Si]([O-])([O-])[O-].[O-][Si]([O-])([O-])[O-]. The van der Waals surface area contributed by atoms with Gasteiger partial charge >= 0.3 is 14.9 Å². The van der Waals surface area contributed by atoms with E-state index in [9.17, 15) is 0 Å². The summed E-state index contributed by atoms with van der Waals surface area (Å²) in [5.41, 5.74) is 0. The molecule has 10 heteroatoms. The molecule has 0 heterocycles. The summed E-state index contributed by atoms with van der Waals surface area (Å²) >= 11 is 0. The van der Waals surface area contributed by atoms with Gasteiger partial charge in [0, 0.05) is 0 Å². The second-order valence-corrected chi connectivity index (χ2v) is 3.00. The quantitative estimate of drug-likeness (QED) is 0.351. The van der Waals surface area contributed by atoms with Gasteiger partial charge in [-0.05, 0) is 0 Å². The Morgan fingerprint density at radius 2 is 0.417 bits per heavy atom. The van der Waals surface area contributed by atoms with Crippen molar-refractivity contribution >= 4 is 18.1 Å². The Bertz CT molecular complexity index is 58.0. The smallest absolute Gasteiger partial charge is 0.894 e. The Labute approximate surface area is 72.2 Å². The predicted octanol–water partition coefficient (Wildman–Crippen LogP) is -10.1. The van der Waals surface area contributed by atoms with Crippen LogP contribution in [0.3, 0.4) is 0 Å². The third kappa shape index (κ3) is 64900. The zero-order valence-corrected chi connectivity index (χ0v) is 7.27. The zero-order chi connectivity index (χ0) is 9.00. The summed E-state index contributed by atoms with van der Waals surface area (Å²) in [4.78, 5) is 68.6. The number of hydrogen-bond donors (Lipinski definition) is 0. The predicted molar refractivity (Wildman–Crippen MR) is 18.0 cm³/mol. The Hall–Kier alpha value is 0.114. The number of rotatable bonds is 0. The molecule has 0 spiro atoms. The van der Waals surface area contributed by atoms with Crippen molar-refractivity contribution in [3.05, 3.63) is 14.9 Å². The van der Waals surface area contributed by atoms with Gasteiger partial charge in [0.05, 0.1) is 0 Å². The first kappa shape index (κ1) is 22.7. The van der Waals surface area contributed by atoms with Crippen molar-refractivity contribution in [3.63, 3.8) is 0 Å². The summed E-state index contributed by atoms with van der Waals surface area (Å²) in [6.45, 7) is 0. The topological polar surface area (TPSA) is 184 Å². The van der Waals surface area contributed by atoms with E-state index in [4.69, 9.17) is 38.4 Å². The van der Waals surface area contributed by atoms with Crippen molar-refractivity contribution in [1.29, 1.82) is 0 Å². The fraction of sp³-hybridized carbons (Fsp3) is 0. The van der Waals surface area contributed by atoms with E-state index >= 15 is 0 Å². The van der Waals surface area contributed by atoms with E-state index in [1.807, 2.05) is 0 Å². The molecule has 8 nitrogen and oxygen atoms in total. The molecule has 0 saturated carbocycles. The molecular formula is C2O8Si2. The normalized spacial score (nSPS) is 10.0. The van der Waals surface area contributed by atoms with Gasteiger partial charge in [0.2, 0.25) is 0 Å². The minimum Gasteiger partial charge on any atom is -0.894 e. The molecule has 0 atom stereocenters. The van der Waals surface area contributed by atoms with Crippen LogP contribution < -0.4 is 38.4 Å². The molecule has 0 amide bonds. The molecule has 0 aromatic heterocycles. The maximum atomic E-state index is 8.58. The molecule has 0 aliphatic heterocycles. The van der Waals surface area contributed by atoms with Crippen LogP contribution in [-0.4, -0.2) is 18.1 Å². The minimum atomic E-state index is -5.61. The molecule has 0 fully saturated rings. The molecule has 0 radical (unpaired) electrons. The second-order valence-electron chi connectivity index (χ2n) is 1.00. The fourth-order valence-corrected chi connectivity index (χ4v) is 0. The molecule has 0 bridgehead atoms. The number of hydrogen-bond acceptors (Lipinski definition) is 8. The van der Waals surface area contributed by atoms with Gasteiger partial charge in [-0.15, -0.1) is 0 Å². The maximum Gasteiger partial charge on any atom is 4.00 e. The standard InChI is InChI=1S/2C.2O4Si/c;;2*1-5(2,3)4/q2*+4;2*-4. The Morgan fingerprint density at radius 1 is 0.417 bits per heavy atom. The first-order valence-electron chi connectivity index (χ1n) is 1.63. The van der Waals surface area contributed by atoms with Gasteiger partial charge in [0.1, 0.15) is 0 Å². The van der Waals surface area contributed by atoms with Crippen molar-refractivity contribution < 1.29 is 38.4 Å². The average Bonchev–Trinajstić information content (AvgIpc) is 1.12. The third-order valence-electron chi connectivity index (χ3n) is 0.